The molecule has 1 fully saturated rings. The lowest BCUT2D eigenvalue weighted by Gasteiger charge is -2.31. The predicted molar refractivity (Wildman–Crippen MR) is 56.1 cm³/mol. The molecule has 2 heterocycles. The maximum Gasteiger partial charge on any atom is 0.151 e. The minimum Gasteiger partial charge on any atom is -0.396 e. The van der Waals surface area contributed by atoms with Gasteiger partial charge in [0.2, 0.25) is 0 Å². The van der Waals surface area contributed by atoms with Crippen molar-refractivity contribution in [3.05, 3.63) is 18.3 Å². The Morgan fingerprint density at radius 1 is 1.43 bits per heavy atom. The minimum absolute atomic E-state index is 0.156. The molecule has 3 N–H and O–H groups in total. The molecular weight excluding hydrogens is 178 g/mol. The van der Waals surface area contributed by atoms with Gasteiger partial charge in [0, 0.05) is 19.3 Å². The highest BCUT2D eigenvalue weighted by atomic mass is 16.3. The molecule has 4 nitrogen and oxygen atoms in total. The number of hydrogen-bond acceptors (Lipinski definition) is 4. The lowest BCUT2D eigenvalue weighted by Crippen LogP contribution is -2.36. The van der Waals surface area contributed by atoms with Gasteiger partial charge in [-0.3, -0.25) is 0 Å². The maximum absolute atomic E-state index is 9.36. The zero-order valence-corrected chi connectivity index (χ0v) is 8.06. The third-order valence-corrected chi connectivity index (χ3v) is 2.58. The van der Waals surface area contributed by atoms with Crippen molar-refractivity contribution in [2.24, 2.45) is 0 Å². The van der Waals surface area contributed by atoms with Crippen LogP contribution >= 0.6 is 0 Å². The summed E-state index contributed by atoms with van der Waals surface area (Å²) in [6, 6.07) is 3.69. The highest BCUT2D eigenvalue weighted by Gasteiger charge is 2.19. The van der Waals surface area contributed by atoms with Crippen molar-refractivity contribution in [1.82, 2.24) is 4.98 Å². The summed E-state index contributed by atoms with van der Waals surface area (Å²) in [5.74, 6) is 0.847. The van der Waals surface area contributed by atoms with Crippen LogP contribution in [0, 0.1) is 0 Å². The van der Waals surface area contributed by atoms with Gasteiger partial charge < -0.3 is 15.7 Å². The molecule has 0 spiro atoms. The topological polar surface area (TPSA) is 62.4 Å². The smallest absolute Gasteiger partial charge is 0.151 e. The number of hydrogen-bond donors (Lipinski definition) is 2. The molecule has 0 amide bonds. The number of aliphatic hydroxyl groups excluding tert-OH is 1. The molecular formula is C10H15N3O. The van der Waals surface area contributed by atoms with Crippen LogP contribution in [-0.2, 0) is 0 Å². The second kappa shape index (κ2) is 3.84. The molecule has 4 heteroatoms. The highest BCUT2D eigenvalue weighted by Crippen LogP contribution is 2.22. The number of aliphatic hydroxyl groups is 1. The zero-order valence-electron chi connectivity index (χ0n) is 8.06. The standard InChI is InChI=1S/C10H15N3O/c11-9-2-1-5-12-10(9)13-6-3-8(14)4-7-13/h1-2,5,8,14H,3-4,6-7,11H2. The second-order valence-corrected chi connectivity index (χ2v) is 3.63. The zero-order chi connectivity index (χ0) is 9.97. The summed E-state index contributed by atoms with van der Waals surface area (Å²) < 4.78 is 0. The third-order valence-electron chi connectivity index (χ3n) is 2.58. The van der Waals surface area contributed by atoms with E-state index >= 15 is 0 Å². The SMILES string of the molecule is Nc1cccnc1N1CCC(O)CC1. The van der Waals surface area contributed by atoms with E-state index in [1.807, 2.05) is 12.1 Å². The quantitative estimate of drug-likeness (QED) is 0.686. The lowest BCUT2D eigenvalue weighted by molar-refractivity contribution is 0.145. The van der Waals surface area contributed by atoms with Gasteiger partial charge in [-0.05, 0) is 25.0 Å². The summed E-state index contributed by atoms with van der Waals surface area (Å²) in [5, 5.41) is 9.36. The average molecular weight is 193 g/mol. The molecule has 0 radical (unpaired) electrons. The monoisotopic (exact) mass is 193 g/mol. The molecule has 0 aromatic carbocycles. The molecule has 0 bridgehead atoms. The lowest BCUT2D eigenvalue weighted by atomic mass is 10.1. The number of piperidine rings is 1. The van der Waals surface area contributed by atoms with E-state index in [1.165, 1.54) is 0 Å². The summed E-state index contributed by atoms with van der Waals surface area (Å²) in [6.07, 6.45) is 3.19. The predicted octanol–water partition coefficient (Wildman–Crippen LogP) is 0.625. The molecule has 1 aliphatic heterocycles. The summed E-state index contributed by atoms with van der Waals surface area (Å²) in [5.41, 5.74) is 6.53. The average Bonchev–Trinajstić information content (AvgIpc) is 2.20. The van der Waals surface area contributed by atoms with Gasteiger partial charge >= 0.3 is 0 Å². The van der Waals surface area contributed by atoms with Crippen LogP contribution in [0.25, 0.3) is 0 Å². The van der Waals surface area contributed by atoms with E-state index in [9.17, 15) is 5.11 Å². The Bertz CT molecular complexity index is 308. The molecule has 1 aromatic rings. The normalized spacial score (nSPS) is 18.5. The number of nitrogen functional groups attached to an aromatic ring is 1. The van der Waals surface area contributed by atoms with Crippen LogP contribution in [-0.4, -0.2) is 29.3 Å². The first-order valence-corrected chi connectivity index (χ1v) is 4.91. The number of nitrogens with zero attached hydrogens (tertiary/aromatic N) is 2. The van der Waals surface area contributed by atoms with E-state index in [2.05, 4.69) is 9.88 Å². The van der Waals surface area contributed by atoms with Crippen LogP contribution in [0.2, 0.25) is 0 Å². The van der Waals surface area contributed by atoms with Gasteiger partial charge in [-0.25, -0.2) is 4.98 Å². The molecule has 0 unspecified atom stereocenters. The van der Waals surface area contributed by atoms with E-state index in [4.69, 9.17) is 5.73 Å². The summed E-state index contributed by atoms with van der Waals surface area (Å²) in [6.45, 7) is 1.67. The second-order valence-electron chi connectivity index (χ2n) is 3.63. The first kappa shape index (κ1) is 9.27. The van der Waals surface area contributed by atoms with Crippen molar-refractivity contribution in [1.29, 1.82) is 0 Å². The van der Waals surface area contributed by atoms with E-state index in [0.29, 0.717) is 5.69 Å². The van der Waals surface area contributed by atoms with E-state index in [-0.39, 0.29) is 6.10 Å². The number of pyridine rings is 1. The maximum atomic E-state index is 9.36. The summed E-state index contributed by atoms with van der Waals surface area (Å²) in [7, 11) is 0. The van der Waals surface area contributed by atoms with Crippen LogP contribution in [0.4, 0.5) is 11.5 Å². The van der Waals surface area contributed by atoms with Crippen molar-refractivity contribution < 1.29 is 5.11 Å². The van der Waals surface area contributed by atoms with Crippen molar-refractivity contribution in [2.75, 3.05) is 23.7 Å². The van der Waals surface area contributed by atoms with Gasteiger partial charge in [0.25, 0.3) is 0 Å². The van der Waals surface area contributed by atoms with Crippen LogP contribution < -0.4 is 10.6 Å². The fraction of sp³-hybridized carbons (Fsp3) is 0.500. The van der Waals surface area contributed by atoms with Gasteiger partial charge in [-0.1, -0.05) is 0 Å². The molecule has 1 aromatic heterocycles. The minimum atomic E-state index is -0.156. The summed E-state index contributed by atoms with van der Waals surface area (Å²) in [4.78, 5) is 6.37. The van der Waals surface area contributed by atoms with Crippen LogP contribution in [0.15, 0.2) is 18.3 Å². The fourth-order valence-electron chi connectivity index (χ4n) is 1.75. The third kappa shape index (κ3) is 1.80. The van der Waals surface area contributed by atoms with Crippen molar-refractivity contribution in [3.63, 3.8) is 0 Å². The summed E-state index contributed by atoms with van der Waals surface area (Å²) >= 11 is 0. The van der Waals surface area contributed by atoms with E-state index < -0.39 is 0 Å². The molecule has 1 aliphatic rings. The Morgan fingerprint density at radius 2 is 2.14 bits per heavy atom. The largest absolute Gasteiger partial charge is 0.396 e. The highest BCUT2D eigenvalue weighted by molar-refractivity contribution is 5.62. The van der Waals surface area contributed by atoms with E-state index in [1.54, 1.807) is 6.20 Å². The Balaban J connectivity index is 2.12. The Labute approximate surface area is 83.4 Å². The first-order valence-electron chi connectivity index (χ1n) is 4.91. The Hall–Kier alpha value is -1.29. The van der Waals surface area contributed by atoms with Gasteiger partial charge in [-0.2, -0.15) is 0 Å². The molecule has 0 atom stereocenters. The van der Waals surface area contributed by atoms with Crippen LogP contribution in [0.1, 0.15) is 12.8 Å². The molecule has 0 aliphatic carbocycles. The van der Waals surface area contributed by atoms with Crippen molar-refractivity contribution in [3.8, 4) is 0 Å². The van der Waals surface area contributed by atoms with Crippen molar-refractivity contribution >= 4 is 11.5 Å². The molecule has 2 rings (SSSR count). The molecule has 14 heavy (non-hydrogen) atoms. The Morgan fingerprint density at radius 3 is 2.79 bits per heavy atom. The van der Waals surface area contributed by atoms with E-state index in [0.717, 1.165) is 31.7 Å². The first-order chi connectivity index (χ1) is 6.77. The van der Waals surface area contributed by atoms with Gasteiger partial charge in [-0.15, -0.1) is 0 Å². The fourth-order valence-corrected chi connectivity index (χ4v) is 1.75. The number of anilines is 2. The number of aromatic nitrogens is 1. The number of nitrogens with two attached hydrogens (primary N) is 1. The van der Waals surface area contributed by atoms with Crippen LogP contribution in [0.5, 0.6) is 0 Å². The molecule has 76 valence electrons. The van der Waals surface area contributed by atoms with Gasteiger partial charge in [0.1, 0.15) is 0 Å². The Kier molecular flexibility index (Phi) is 2.54. The molecule has 0 saturated carbocycles. The number of rotatable bonds is 1. The molecule has 1 saturated heterocycles. The van der Waals surface area contributed by atoms with Gasteiger partial charge in [0.15, 0.2) is 5.82 Å². The van der Waals surface area contributed by atoms with Gasteiger partial charge in [0.05, 0.1) is 11.8 Å². The van der Waals surface area contributed by atoms with Crippen molar-refractivity contribution in [2.45, 2.75) is 18.9 Å². The van der Waals surface area contributed by atoms with Crippen LogP contribution in [0.3, 0.4) is 0 Å².